The van der Waals surface area contributed by atoms with Gasteiger partial charge in [-0.3, -0.25) is 9.59 Å². The molecular weight excluding hydrogens is 465 g/mol. The Balaban J connectivity index is 1.57. The highest BCUT2D eigenvalue weighted by Gasteiger charge is 2.20. The number of benzene rings is 2. The molecule has 4 aromatic rings. The fraction of sp³-hybridized carbons (Fsp3) is 0.136. The van der Waals surface area contributed by atoms with Crippen LogP contribution in [0.4, 0.5) is 4.39 Å². The van der Waals surface area contributed by atoms with Gasteiger partial charge in [0.1, 0.15) is 11.3 Å². The lowest BCUT2D eigenvalue weighted by atomic mass is 10.1. The van der Waals surface area contributed by atoms with Gasteiger partial charge in [-0.15, -0.1) is 0 Å². The Kier molecular flexibility index (Phi) is 5.94. The molecule has 0 aliphatic rings. The molecular formula is C22H20FN5O5S. The molecule has 0 fully saturated rings. The fourth-order valence-electron chi connectivity index (χ4n) is 3.63. The molecule has 34 heavy (non-hydrogen) atoms. The van der Waals surface area contributed by atoms with Crippen LogP contribution in [0, 0.1) is 5.82 Å². The van der Waals surface area contributed by atoms with Crippen molar-refractivity contribution >= 4 is 27.0 Å². The van der Waals surface area contributed by atoms with E-state index in [1.165, 1.54) is 35.0 Å². The summed E-state index contributed by atoms with van der Waals surface area (Å²) in [5.74, 6) is -1.01. The van der Waals surface area contributed by atoms with Gasteiger partial charge < -0.3 is 14.9 Å². The van der Waals surface area contributed by atoms with E-state index in [0.717, 1.165) is 22.3 Å². The largest absolute Gasteiger partial charge is 0.352 e. The second-order valence-corrected chi connectivity index (χ2v) is 9.18. The predicted molar refractivity (Wildman–Crippen MR) is 123 cm³/mol. The topological polar surface area (TPSA) is 149 Å². The first-order valence-corrected chi connectivity index (χ1v) is 11.6. The Hall–Kier alpha value is -4.03. The zero-order valence-electron chi connectivity index (χ0n) is 17.9. The first-order chi connectivity index (χ1) is 16.1. The van der Waals surface area contributed by atoms with Gasteiger partial charge in [0.05, 0.1) is 21.7 Å². The number of aromatic amines is 1. The molecule has 0 aliphatic carbocycles. The number of primary sulfonamides is 1. The molecule has 2 aromatic heterocycles. The van der Waals surface area contributed by atoms with Crippen LogP contribution in [0.25, 0.3) is 16.7 Å². The number of rotatable bonds is 6. The number of sulfonamides is 1. The lowest BCUT2D eigenvalue weighted by Crippen LogP contribution is -2.34. The normalized spacial score (nSPS) is 11.6. The van der Waals surface area contributed by atoms with E-state index in [0.29, 0.717) is 6.42 Å². The molecule has 2 aromatic carbocycles. The summed E-state index contributed by atoms with van der Waals surface area (Å²) < 4.78 is 38.2. The van der Waals surface area contributed by atoms with E-state index in [1.54, 1.807) is 19.2 Å². The number of hydrogen-bond donors (Lipinski definition) is 3. The molecule has 0 atom stereocenters. The number of fused-ring (bicyclic) bond motifs is 1. The third-order valence-corrected chi connectivity index (χ3v) is 6.23. The van der Waals surface area contributed by atoms with Crippen molar-refractivity contribution in [1.82, 2.24) is 19.4 Å². The third kappa shape index (κ3) is 4.40. The molecule has 4 N–H and O–H groups in total. The van der Waals surface area contributed by atoms with E-state index in [4.69, 9.17) is 5.14 Å². The third-order valence-electron chi connectivity index (χ3n) is 5.30. The van der Waals surface area contributed by atoms with Gasteiger partial charge in [0.25, 0.3) is 11.5 Å². The molecule has 0 radical (unpaired) electrons. The zero-order chi connectivity index (χ0) is 24.6. The first-order valence-electron chi connectivity index (χ1n) is 10.1. The molecule has 12 heteroatoms. The molecule has 0 aliphatic heterocycles. The van der Waals surface area contributed by atoms with Gasteiger partial charge in [-0.1, -0.05) is 12.1 Å². The van der Waals surface area contributed by atoms with Crippen molar-refractivity contribution in [2.45, 2.75) is 11.3 Å². The molecule has 176 valence electrons. The second kappa shape index (κ2) is 8.72. The summed E-state index contributed by atoms with van der Waals surface area (Å²) in [6.45, 7) is 0.223. The van der Waals surface area contributed by atoms with Crippen LogP contribution >= 0.6 is 0 Å². The number of carbonyl (C=O) groups excluding carboxylic acids is 1. The Labute approximate surface area is 192 Å². The summed E-state index contributed by atoms with van der Waals surface area (Å²) in [7, 11) is -2.21. The number of nitrogens with two attached hydrogens (primary N) is 1. The van der Waals surface area contributed by atoms with Crippen LogP contribution in [0.1, 0.15) is 15.9 Å². The van der Waals surface area contributed by atoms with E-state index in [2.05, 4.69) is 10.3 Å². The number of nitrogens with zero attached hydrogens (tertiary/aromatic N) is 2. The molecule has 0 saturated carbocycles. The second-order valence-electron chi connectivity index (χ2n) is 7.62. The number of halogens is 1. The maximum atomic E-state index is 13.2. The number of nitrogens with one attached hydrogen (secondary N) is 2. The van der Waals surface area contributed by atoms with Crippen LogP contribution in [0.15, 0.2) is 69.2 Å². The Morgan fingerprint density at radius 1 is 1.09 bits per heavy atom. The lowest BCUT2D eigenvalue weighted by molar-refractivity contribution is 0.0955. The summed E-state index contributed by atoms with van der Waals surface area (Å²) in [4.78, 5) is 41.0. The average molecular weight is 485 g/mol. The SMILES string of the molecule is Cn1cc(C(=O)NCCc2ccc(S(N)(=O)=O)cc2)c2[nH]c(=O)n(-c3ccc(F)cc3)c(=O)c21. The lowest BCUT2D eigenvalue weighted by Gasteiger charge is -2.07. The maximum Gasteiger partial charge on any atom is 0.333 e. The predicted octanol–water partition coefficient (Wildman–Crippen LogP) is 0.777. The summed E-state index contributed by atoms with van der Waals surface area (Å²) in [5.41, 5.74) is -0.140. The average Bonchev–Trinajstić information content (AvgIpc) is 3.11. The number of amides is 1. The number of aryl methyl sites for hydroxylation is 1. The Morgan fingerprint density at radius 2 is 1.74 bits per heavy atom. The van der Waals surface area contributed by atoms with E-state index >= 15 is 0 Å². The minimum atomic E-state index is -3.78. The number of H-pyrrole nitrogens is 1. The van der Waals surface area contributed by atoms with E-state index < -0.39 is 33.0 Å². The summed E-state index contributed by atoms with van der Waals surface area (Å²) in [6, 6.07) is 10.9. The monoisotopic (exact) mass is 485 g/mol. The number of carbonyl (C=O) groups is 1. The van der Waals surface area contributed by atoms with Crippen molar-refractivity contribution in [2.75, 3.05) is 6.54 Å². The first kappa shape index (κ1) is 23.1. The van der Waals surface area contributed by atoms with E-state index in [9.17, 15) is 27.2 Å². The standard InChI is InChI=1S/C22H20FN5O5S/c1-27-12-17(20(29)25-11-10-13-2-8-16(9-3-13)34(24,32)33)18-19(27)21(30)28(22(31)26-18)15-6-4-14(23)5-7-15/h2-9,12H,10-11H2,1H3,(H,25,29)(H,26,31)(H2,24,32,33). The number of hydrogen-bond acceptors (Lipinski definition) is 5. The molecule has 0 saturated heterocycles. The summed E-state index contributed by atoms with van der Waals surface area (Å²) in [6.07, 6.45) is 1.85. The highest BCUT2D eigenvalue weighted by Crippen LogP contribution is 2.15. The maximum absolute atomic E-state index is 13.2. The molecule has 2 heterocycles. The van der Waals surface area contributed by atoms with Crippen molar-refractivity contribution in [3.63, 3.8) is 0 Å². The summed E-state index contributed by atoms with van der Waals surface area (Å²) >= 11 is 0. The van der Waals surface area contributed by atoms with Gasteiger partial charge in [0.15, 0.2) is 0 Å². The van der Waals surface area contributed by atoms with Gasteiger partial charge in [-0.05, 0) is 48.4 Å². The molecule has 0 bridgehead atoms. The van der Waals surface area contributed by atoms with E-state index in [1.807, 2.05) is 0 Å². The van der Waals surface area contributed by atoms with Crippen LogP contribution in [-0.2, 0) is 23.5 Å². The number of aromatic nitrogens is 3. The zero-order valence-corrected chi connectivity index (χ0v) is 18.7. The van der Waals surface area contributed by atoms with Crippen LogP contribution in [-0.4, -0.2) is 35.0 Å². The van der Waals surface area contributed by atoms with Gasteiger partial charge in [0, 0.05) is 19.8 Å². The van der Waals surface area contributed by atoms with Crippen molar-refractivity contribution in [1.29, 1.82) is 0 Å². The highest BCUT2D eigenvalue weighted by atomic mass is 32.2. The van der Waals surface area contributed by atoms with Crippen LogP contribution in [0.5, 0.6) is 0 Å². The Bertz CT molecular complexity index is 1620. The van der Waals surface area contributed by atoms with Gasteiger partial charge in [-0.25, -0.2) is 27.3 Å². The van der Waals surface area contributed by atoms with Gasteiger partial charge >= 0.3 is 5.69 Å². The van der Waals surface area contributed by atoms with Crippen molar-refractivity contribution < 1.29 is 17.6 Å². The fourth-order valence-corrected chi connectivity index (χ4v) is 4.15. The van der Waals surface area contributed by atoms with Crippen LogP contribution < -0.4 is 21.7 Å². The Morgan fingerprint density at radius 3 is 2.35 bits per heavy atom. The van der Waals surface area contributed by atoms with Crippen molar-refractivity contribution in [2.24, 2.45) is 12.2 Å². The van der Waals surface area contributed by atoms with Crippen LogP contribution in [0.3, 0.4) is 0 Å². The molecule has 0 unspecified atom stereocenters. The molecule has 1 amide bonds. The molecule has 10 nitrogen and oxygen atoms in total. The quantitative estimate of drug-likeness (QED) is 0.369. The van der Waals surface area contributed by atoms with E-state index in [-0.39, 0.29) is 33.7 Å². The minimum absolute atomic E-state index is 0.00807. The van der Waals surface area contributed by atoms with Gasteiger partial charge in [-0.2, -0.15) is 0 Å². The van der Waals surface area contributed by atoms with Crippen molar-refractivity contribution in [3.8, 4) is 5.69 Å². The minimum Gasteiger partial charge on any atom is -0.352 e. The molecule has 0 spiro atoms. The highest BCUT2D eigenvalue weighted by molar-refractivity contribution is 7.89. The summed E-state index contributed by atoms with van der Waals surface area (Å²) in [5, 5.41) is 7.80. The van der Waals surface area contributed by atoms with Gasteiger partial charge in [0.2, 0.25) is 10.0 Å². The smallest absolute Gasteiger partial charge is 0.333 e. The van der Waals surface area contributed by atoms with Crippen LogP contribution in [0.2, 0.25) is 0 Å². The molecule has 4 rings (SSSR count). The van der Waals surface area contributed by atoms with Crippen molar-refractivity contribution in [3.05, 3.63) is 92.5 Å².